The number of hydrogen-bond donors (Lipinski definition) is 3. The van der Waals surface area contributed by atoms with Gasteiger partial charge in [0.2, 0.25) is 10.0 Å². The summed E-state index contributed by atoms with van der Waals surface area (Å²) in [5.74, 6) is -1.82. The van der Waals surface area contributed by atoms with E-state index in [0.717, 1.165) is 44.2 Å². The lowest BCUT2D eigenvalue weighted by molar-refractivity contribution is 0.0693. The van der Waals surface area contributed by atoms with Gasteiger partial charge in [-0.25, -0.2) is 17.9 Å². The van der Waals surface area contributed by atoms with Crippen molar-refractivity contribution in [2.45, 2.75) is 49.5 Å². The van der Waals surface area contributed by atoms with Gasteiger partial charge in [-0.05, 0) is 38.0 Å². The topological polar surface area (TPSA) is 104 Å². The number of sulfonamides is 1. The summed E-state index contributed by atoms with van der Waals surface area (Å²) < 4.78 is 27.5. The first-order valence-electron chi connectivity index (χ1n) is 6.84. The standard InChI is InChI=1S/C14H19NO5S/c1-14(7-3-2-4-8-14)15-21(19,20)10-5-6-12(16)11(9-10)13(17)18/h5-6,9,15-16H,2-4,7-8H2,1H3,(H,17,18). The third-order valence-corrected chi connectivity index (χ3v) is 5.48. The zero-order valence-corrected chi connectivity index (χ0v) is 12.6. The van der Waals surface area contributed by atoms with Crippen molar-refractivity contribution in [2.75, 3.05) is 0 Å². The smallest absolute Gasteiger partial charge is 0.339 e. The zero-order valence-electron chi connectivity index (χ0n) is 11.8. The van der Waals surface area contributed by atoms with Gasteiger partial charge < -0.3 is 10.2 Å². The van der Waals surface area contributed by atoms with E-state index in [0.29, 0.717) is 0 Å². The molecule has 2 rings (SSSR count). The molecule has 1 aliphatic carbocycles. The van der Waals surface area contributed by atoms with E-state index in [2.05, 4.69) is 4.72 Å². The molecular weight excluding hydrogens is 294 g/mol. The molecule has 0 amide bonds. The van der Waals surface area contributed by atoms with Crippen LogP contribution in [0.1, 0.15) is 49.4 Å². The summed E-state index contributed by atoms with van der Waals surface area (Å²) in [7, 11) is -3.82. The molecule has 3 N–H and O–H groups in total. The van der Waals surface area contributed by atoms with Crippen LogP contribution in [0.4, 0.5) is 0 Å². The molecule has 7 heteroatoms. The molecule has 1 aromatic rings. The van der Waals surface area contributed by atoms with Crippen LogP contribution in [-0.2, 0) is 10.0 Å². The second kappa shape index (κ2) is 5.65. The van der Waals surface area contributed by atoms with Gasteiger partial charge in [0.15, 0.2) is 0 Å². The molecule has 0 radical (unpaired) electrons. The fourth-order valence-corrected chi connectivity index (χ4v) is 4.16. The van der Waals surface area contributed by atoms with Crippen LogP contribution in [0, 0.1) is 0 Å². The molecular formula is C14H19NO5S. The highest BCUT2D eigenvalue weighted by Crippen LogP contribution is 2.30. The molecule has 1 fully saturated rings. The number of carboxylic acid groups (broad SMARTS) is 1. The van der Waals surface area contributed by atoms with E-state index in [1.54, 1.807) is 0 Å². The Kier molecular flexibility index (Phi) is 4.25. The number of aromatic hydroxyl groups is 1. The summed E-state index contributed by atoms with van der Waals surface area (Å²) in [6.45, 7) is 1.86. The second-order valence-corrected chi connectivity index (χ2v) is 7.39. The molecule has 0 aromatic heterocycles. The Labute approximate surface area is 123 Å². The molecule has 0 saturated heterocycles. The summed E-state index contributed by atoms with van der Waals surface area (Å²) in [4.78, 5) is 10.8. The van der Waals surface area contributed by atoms with Gasteiger partial charge in [0.05, 0.1) is 4.90 Å². The Bertz CT molecular complexity index is 647. The van der Waals surface area contributed by atoms with Gasteiger partial charge in [0.1, 0.15) is 11.3 Å². The van der Waals surface area contributed by atoms with Crippen LogP contribution < -0.4 is 4.72 Å². The van der Waals surface area contributed by atoms with Crippen molar-refractivity contribution in [3.8, 4) is 5.75 Å². The monoisotopic (exact) mass is 313 g/mol. The SMILES string of the molecule is CC1(NS(=O)(=O)c2ccc(O)c(C(=O)O)c2)CCCCC1. The number of carbonyl (C=O) groups is 1. The lowest BCUT2D eigenvalue weighted by Crippen LogP contribution is -2.47. The molecule has 116 valence electrons. The van der Waals surface area contributed by atoms with E-state index in [1.807, 2.05) is 6.92 Å². The van der Waals surface area contributed by atoms with Crippen molar-refractivity contribution in [1.82, 2.24) is 4.72 Å². The Morgan fingerprint density at radius 3 is 2.43 bits per heavy atom. The lowest BCUT2D eigenvalue weighted by atomic mass is 9.84. The summed E-state index contributed by atoms with van der Waals surface area (Å²) in [6, 6.07) is 3.27. The maximum atomic E-state index is 12.4. The molecule has 0 spiro atoms. The van der Waals surface area contributed by atoms with E-state index in [1.165, 1.54) is 6.07 Å². The maximum Gasteiger partial charge on any atom is 0.339 e. The van der Waals surface area contributed by atoms with Crippen molar-refractivity contribution in [2.24, 2.45) is 0 Å². The fourth-order valence-electron chi connectivity index (χ4n) is 2.67. The molecule has 0 aliphatic heterocycles. The highest BCUT2D eigenvalue weighted by molar-refractivity contribution is 7.89. The van der Waals surface area contributed by atoms with Gasteiger partial charge in [-0.15, -0.1) is 0 Å². The second-order valence-electron chi connectivity index (χ2n) is 5.71. The van der Waals surface area contributed by atoms with Crippen LogP contribution in [0.5, 0.6) is 5.75 Å². The third-order valence-electron chi connectivity index (χ3n) is 3.85. The molecule has 21 heavy (non-hydrogen) atoms. The summed E-state index contributed by atoms with van der Waals surface area (Å²) in [5, 5.41) is 18.4. The minimum absolute atomic E-state index is 0.149. The van der Waals surface area contributed by atoms with Crippen molar-refractivity contribution < 1.29 is 23.4 Å². The minimum Gasteiger partial charge on any atom is -0.507 e. The van der Waals surface area contributed by atoms with E-state index in [-0.39, 0.29) is 4.90 Å². The summed E-state index contributed by atoms with van der Waals surface area (Å²) in [6.07, 6.45) is 4.55. The first-order chi connectivity index (χ1) is 9.73. The van der Waals surface area contributed by atoms with Crippen LogP contribution in [0.15, 0.2) is 23.1 Å². The molecule has 6 nitrogen and oxygen atoms in total. The lowest BCUT2D eigenvalue weighted by Gasteiger charge is -2.34. The van der Waals surface area contributed by atoms with Crippen LogP contribution in [-0.4, -0.2) is 30.1 Å². The Morgan fingerprint density at radius 2 is 1.86 bits per heavy atom. The largest absolute Gasteiger partial charge is 0.507 e. The molecule has 0 atom stereocenters. The minimum atomic E-state index is -3.82. The first-order valence-corrected chi connectivity index (χ1v) is 8.32. The number of hydrogen-bond acceptors (Lipinski definition) is 4. The first kappa shape index (κ1) is 15.8. The van der Waals surface area contributed by atoms with Gasteiger partial charge in [-0.2, -0.15) is 0 Å². The fraction of sp³-hybridized carbons (Fsp3) is 0.500. The van der Waals surface area contributed by atoms with Gasteiger partial charge >= 0.3 is 5.97 Å². The van der Waals surface area contributed by atoms with Gasteiger partial charge in [-0.1, -0.05) is 19.3 Å². The number of nitrogens with one attached hydrogen (secondary N) is 1. The highest BCUT2D eigenvalue weighted by atomic mass is 32.2. The third kappa shape index (κ3) is 3.54. The molecule has 0 unspecified atom stereocenters. The normalized spacial score (nSPS) is 18.3. The average molecular weight is 313 g/mol. The van der Waals surface area contributed by atoms with Crippen molar-refractivity contribution in [3.05, 3.63) is 23.8 Å². The van der Waals surface area contributed by atoms with E-state index >= 15 is 0 Å². The predicted molar refractivity (Wildman–Crippen MR) is 76.9 cm³/mol. The predicted octanol–water partition coefficient (Wildman–Crippen LogP) is 2.09. The van der Waals surface area contributed by atoms with Crippen molar-refractivity contribution >= 4 is 16.0 Å². The average Bonchev–Trinajstić information content (AvgIpc) is 2.38. The number of benzene rings is 1. The molecule has 1 saturated carbocycles. The van der Waals surface area contributed by atoms with E-state index < -0.39 is 32.8 Å². The molecule has 1 aliphatic rings. The van der Waals surface area contributed by atoms with Crippen LogP contribution in [0.3, 0.4) is 0 Å². The highest BCUT2D eigenvalue weighted by Gasteiger charge is 2.32. The molecule has 1 aromatic carbocycles. The number of aromatic carboxylic acids is 1. The summed E-state index contributed by atoms with van der Waals surface area (Å²) >= 11 is 0. The Balaban J connectivity index is 2.31. The Morgan fingerprint density at radius 1 is 1.24 bits per heavy atom. The zero-order chi connectivity index (χ0) is 15.7. The number of carboxylic acids is 1. The van der Waals surface area contributed by atoms with Crippen molar-refractivity contribution in [3.63, 3.8) is 0 Å². The maximum absolute atomic E-state index is 12.4. The summed E-state index contributed by atoms with van der Waals surface area (Å²) in [5.41, 5.74) is -0.926. The van der Waals surface area contributed by atoms with Crippen LogP contribution in [0.2, 0.25) is 0 Å². The van der Waals surface area contributed by atoms with E-state index in [9.17, 15) is 18.3 Å². The van der Waals surface area contributed by atoms with Gasteiger partial charge in [-0.3, -0.25) is 0 Å². The quantitative estimate of drug-likeness (QED) is 0.789. The van der Waals surface area contributed by atoms with Crippen LogP contribution in [0.25, 0.3) is 0 Å². The number of phenols is 1. The Hall–Kier alpha value is -1.60. The van der Waals surface area contributed by atoms with E-state index in [4.69, 9.17) is 5.11 Å². The van der Waals surface area contributed by atoms with Gasteiger partial charge in [0.25, 0.3) is 0 Å². The van der Waals surface area contributed by atoms with Crippen molar-refractivity contribution in [1.29, 1.82) is 0 Å². The molecule has 0 heterocycles. The van der Waals surface area contributed by atoms with Crippen LogP contribution >= 0.6 is 0 Å². The molecule has 0 bridgehead atoms. The number of rotatable bonds is 4. The van der Waals surface area contributed by atoms with Gasteiger partial charge in [0, 0.05) is 5.54 Å².